The number of rotatable bonds is 8. The summed E-state index contributed by atoms with van der Waals surface area (Å²) in [5.74, 6) is 0.699. The number of hydrogen-bond acceptors (Lipinski definition) is 6. The van der Waals surface area contributed by atoms with Gasteiger partial charge < -0.3 is 15.1 Å². The molecule has 0 saturated heterocycles. The van der Waals surface area contributed by atoms with E-state index in [1.54, 1.807) is 17.2 Å². The van der Waals surface area contributed by atoms with Gasteiger partial charge in [-0.2, -0.15) is 0 Å². The van der Waals surface area contributed by atoms with Gasteiger partial charge in [-0.1, -0.05) is 30.4 Å². The molecule has 1 aliphatic carbocycles. The summed E-state index contributed by atoms with van der Waals surface area (Å²) in [6, 6.07) is 14.2. The number of carbonyl (C=O) groups excluding carboxylic acids is 2. The zero-order chi connectivity index (χ0) is 26.6. The lowest BCUT2D eigenvalue weighted by Gasteiger charge is -2.23. The highest BCUT2D eigenvalue weighted by molar-refractivity contribution is 7.17. The molecular weight excluding hydrogens is 494 g/mol. The van der Waals surface area contributed by atoms with Gasteiger partial charge in [-0.05, 0) is 73.9 Å². The van der Waals surface area contributed by atoms with Crippen LogP contribution < -0.4 is 15.1 Å². The highest BCUT2D eigenvalue weighted by Gasteiger charge is 2.29. The minimum absolute atomic E-state index is 0.00597. The van der Waals surface area contributed by atoms with E-state index in [1.165, 1.54) is 11.3 Å². The maximum atomic E-state index is 13.6. The number of para-hydroxylation sites is 1. The first-order valence-electron chi connectivity index (χ1n) is 12.7. The topological polar surface area (TPSA) is 77.9 Å². The van der Waals surface area contributed by atoms with Gasteiger partial charge >= 0.3 is 0 Å². The summed E-state index contributed by atoms with van der Waals surface area (Å²) in [6.07, 6.45) is 10.8. The number of fused-ring (bicyclic) bond motifs is 3. The first kappa shape index (κ1) is 25.6. The highest BCUT2D eigenvalue weighted by atomic mass is 32.1. The maximum absolute atomic E-state index is 13.6. The van der Waals surface area contributed by atoms with Gasteiger partial charge in [0.2, 0.25) is 0 Å². The molecule has 2 aromatic heterocycles. The molecule has 7 nitrogen and oxygen atoms in total. The summed E-state index contributed by atoms with van der Waals surface area (Å²) in [7, 11) is 3.92. The molecule has 3 aromatic rings. The van der Waals surface area contributed by atoms with Gasteiger partial charge in [0.1, 0.15) is 11.5 Å². The molecule has 1 N–H and O–H groups in total. The van der Waals surface area contributed by atoms with Gasteiger partial charge in [-0.25, -0.2) is 4.98 Å². The van der Waals surface area contributed by atoms with Crippen molar-refractivity contribution in [1.29, 1.82) is 0 Å². The van der Waals surface area contributed by atoms with Crippen LogP contribution in [0, 0.1) is 0 Å². The van der Waals surface area contributed by atoms with E-state index in [0.29, 0.717) is 25.4 Å². The third-order valence-corrected chi connectivity index (χ3v) is 7.85. The van der Waals surface area contributed by atoms with Crippen molar-refractivity contribution in [3.05, 3.63) is 88.6 Å². The minimum atomic E-state index is -0.197. The summed E-state index contributed by atoms with van der Waals surface area (Å²) >= 11 is 1.50. The quantitative estimate of drug-likeness (QED) is 0.254. The van der Waals surface area contributed by atoms with Crippen LogP contribution >= 0.6 is 11.3 Å². The van der Waals surface area contributed by atoms with Crippen molar-refractivity contribution in [3.8, 4) is 10.4 Å². The molecule has 2 aliphatic rings. The number of nitrogens with zero attached hydrogens (tertiary/aromatic N) is 4. The largest absolute Gasteiger partial charge is 0.363 e. The number of pyridine rings is 1. The molecule has 0 atom stereocenters. The number of thiophene rings is 1. The van der Waals surface area contributed by atoms with Crippen molar-refractivity contribution in [2.24, 2.45) is 4.99 Å². The Labute approximate surface area is 227 Å². The van der Waals surface area contributed by atoms with E-state index in [1.807, 2.05) is 73.6 Å². The predicted molar refractivity (Wildman–Crippen MR) is 155 cm³/mol. The Kier molecular flexibility index (Phi) is 7.51. The number of carbonyl (C=O) groups is 2. The lowest BCUT2D eigenvalue weighted by atomic mass is 10.1. The molecule has 1 fully saturated rings. The van der Waals surface area contributed by atoms with Crippen LogP contribution in [0.4, 0.5) is 11.5 Å². The van der Waals surface area contributed by atoms with E-state index in [9.17, 15) is 9.59 Å². The Balaban J connectivity index is 1.35. The van der Waals surface area contributed by atoms with Crippen molar-refractivity contribution >= 4 is 41.4 Å². The summed E-state index contributed by atoms with van der Waals surface area (Å²) < 4.78 is 0. The smallest absolute Gasteiger partial charge is 0.276 e. The molecule has 1 saturated carbocycles. The lowest BCUT2D eigenvalue weighted by molar-refractivity contribution is -0.115. The molecule has 38 heavy (non-hydrogen) atoms. The number of allylic oxidation sites excluding steroid dienone is 3. The van der Waals surface area contributed by atoms with E-state index < -0.39 is 0 Å². The minimum Gasteiger partial charge on any atom is -0.363 e. The number of aromatic nitrogens is 1. The molecule has 0 bridgehead atoms. The number of hydrogen-bond donors (Lipinski definition) is 1. The van der Waals surface area contributed by atoms with Gasteiger partial charge in [0, 0.05) is 43.3 Å². The Bertz CT molecular complexity index is 1430. The summed E-state index contributed by atoms with van der Waals surface area (Å²) in [5.41, 5.74) is 4.28. The number of anilines is 2. The number of nitrogens with one attached hydrogen (secondary N) is 1. The van der Waals surface area contributed by atoms with Crippen molar-refractivity contribution < 1.29 is 9.59 Å². The maximum Gasteiger partial charge on any atom is 0.276 e. The van der Waals surface area contributed by atoms with Crippen LogP contribution in [0.5, 0.6) is 0 Å². The number of aliphatic imine (C=N–C) groups is 1. The molecule has 194 valence electrons. The monoisotopic (exact) mass is 525 g/mol. The van der Waals surface area contributed by atoms with Crippen LogP contribution in [0.3, 0.4) is 0 Å². The van der Waals surface area contributed by atoms with Crippen molar-refractivity contribution in [2.75, 3.05) is 30.4 Å². The zero-order valence-electron chi connectivity index (χ0n) is 21.7. The van der Waals surface area contributed by atoms with Crippen LogP contribution in [-0.2, 0) is 17.6 Å². The summed E-state index contributed by atoms with van der Waals surface area (Å²) in [4.78, 5) is 40.2. The summed E-state index contributed by atoms with van der Waals surface area (Å²) in [6.45, 7) is 4.15. The average molecular weight is 526 g/mol. The van der Waals surface area contributed by atoms with Gasteiger partial charge in [0.05, 0.1) is 10.6 Å². The van der Waals surface area contributed by atoms with Gasteiger partial charge in [0.25, 0.3) is 11.8 Å². The lowest BCUT2D eigenvalue weighted by Crippen LogP contribution is -2.33. The van der Waals surface area contributed by atoms with Crippen LogP contribution in [0.1, 0.15) is 33.6 Å². The van der Waals surface area contributed by atoms with Crippen LogP contribution in [-0.4, -0.2) is 50.2 Å². The SMILES string of the molecule is C=N/C(=C\C=C/Cc1ccnc(N(C)C)c1)C(=O)N1CCc2cc(C(=O)NC3CC3)sc2-c2ccccc21. The normalized spacial score (nSPS) is 15.0. The predicted octanol–water partition coefficient (Wildman–Crippen LogP) is 5.04. The zero-order valence-corrected chi connectivity index (χ0v) is 22.5. The fraction of sp³-hybridized carbons (Fsp3) is 0.267. The molecule has 0 unspecified atom stereocenters. The van der Waals surface area contributed by atoms with Crippen molar-refractivity contribution in [3.63, 3.8) is 0 Å². The van der Waals surface area contributed by atoms with Crippen LogP contribution in [0.15, 0.2) is 77.6 Å². The second-order valence-electron chi connectivity index (χ2n) is 9.70. The van der Waals surface area contributed by atoms with E-state index in [4.69, 9.17) is 0 Å². The molecule has 5 rings (SSSR count). The molecule has 3 heterocycles. The second kappa shape index (κ2) is 11.1. The van der Waals surface area contributed by atoms with Gasteiger partial charge in [0.15, 0.2) is 0 Å². The molecule has 8 heteroatoms. The number of benzene rings is 1. The molecular formula is C30H31N5O2S. The Hall–Kier alpha value is -4.04. The molecule has 2 amide bonds. The molecule has 1 aliphatic heterocycles. The van der Waals surface area contributed by atoms with Crippen LogP contribution in [0.25, 0.3) is 10.4 Å². The number of amides is 2. The fourth-order valence-corrected chi connectivity index (χ4v) is 5.58. The van der Waals surface area contributed by atoms with E-state index in [0.717, 1.165) is 50.8 Å². The second-order valence-corrected chi connectivity index (χ2v) is 10.7. The molecule has 0 spiro atoms. The van der Waals surface area contributed by atoms with E-state index in [-0.39, 0.29) is 17.5 Å². The standard InChI is InChI=1S/C30H31N5O2S/c1-31-24(10-6-4-8-20-14-16-32-27(18-20)34(2)3)30(37)35-17-15-21-19-26(29(36)33-22-12-13-22)38-28(21)23-9-5-7-11-25(23)35/h4-7,9-11,14,16,18-19,22H,1,8,12-13,15,17H2,2-3H3,(H,33,36)/b6-4-,24-10-. The van der Waals surface area contributed by atoms with Gasteiger partial charge in [-0.15, -0.1) is 11.3 Å². The first-order chi connectivity index (χ1) is 18.4. The van der Waals surface area contributed by atoms with Gasteiger partial charge in [-0.3, -0.25) is 14.6 Å². The summed E-state index contributed by atoms with van der Waals surface area (Å²) in [5, 5.41) is 3.08. The molecule has 1 aromatic carbocycles. The average Bonchev–Trinajstić information content (AvgIpc) is 3.67. The van der Waals surface area contributed by atoms with E-state index >= 15 is 0 Å². The third-order valence-electron chi connectivity index (χ3n) is 6.64. The highest BCUT2D eigenvalue weighted by Crippen LogP contribution is 2.42. The van der Waals surface area contributed by atoms with Crippen molar-refractivity contribution in [1.82, 2.24) is 10.3 Å². The van der Waals surface area contributed by atoms with Crippen molar-refractivity contribution in [2.45, 2.75) is 31.7 Å². The fourth-order valence-electron chi connectivity index (χ4n) is 4.43. The van der Waals surface area contributed by atoms with Crippen LogP contribution in [0.2, 0.25) is 0 Å². The Morgan fingerprint density at radius 1 is 1.24 bits per heavy atom. The Morgan fingerprint density at radius 2 is 2.05 bits per heavy atom. The Morgan fingerprint density at radius 3 is 2.82 bits per heavy atom. The van der Waals surface area contributed by atoms with E-state index in [2.05, 4.69) is 22.0 Å². The first-order valence-corrected chi connectivity index (χ1v) is 13.6. The molecule has 0 radical (unpaired) electrons. The third kappa shape index (κ3) is 5.60.